The third-order valence-electron chi connectivity index (χ3n) is 5.24. The first-order chi connectivity index (χ1) is 16.9. The molecule has 1 aliphatic heterocycles. The monoisotopic (exact) mass is 476 g/mol. The number of esters is 1. The maximum absolute atomic E-state index is 13.0. The Balaban J connectivity index is 1.46. The molecular formula is C26H21FN2O6. The summed E-state index contributed by atoms with van der Waals surface area (Å²) in [5.74, 6) is -2.46. The lowest BCUT2D eigenvalue weighted by molar-refractivity contribution is -0.119. The van der Waals surface area contributed by atoms with Crippen molar-refractivity contribution in [2.45, 2.75) is 13.5 Å². The summed E-state index contributed by atoms with van der Waals surface area (Å²) < 4.78 is 23.6. The third-order valence-corrected chi connectivity index (χ3v) is 5.24. The second kappa shape index (κ2) is 10.2. The van der Waals surface area contributed by atoms with E-state index in [0.29, 0.717) is 22.4 Å². The fraction of sp³-hybridized carbons (Fsp3) is 0.154. The molecule has 0 fully saturated rings. The number of ether oxygens (including phenoxy) is 2. The Morgan fingerprint density at radius 3 is 2.23 bits per heavy atom. The lowest BCUT2D eigenvalue weighted by Gasteiger charge is -2.16. The van der Waals surface area contributed by atoms with Gasteiger partial charge in [-0.2, -0.15) is 0 Å². The summed E-state index contributed by atoms with van der Waals surface area (Å²) in [6.07, 6.45) is 0. The van der Waals surface area contributed by atoms with Gasteiger partial charge >= 0.3 is 5.97 Å². The number of rotatable bonds is 8. The maximum Gasteiger partial charge on any atom is 0.342 e. The number of imide groups is 1. The van der Waals surface area contributed by atoms with Crippen LogP contribution in [0.15, 0.2) is 66.7 Å². The number of nitrogens with one attached hydrogen (secondary N) is 1. The van der Waals surface area contributed by atoms with Crippen molar-refractivity contribution in [3.63, 3.8) is 0 Å². The molecule has 9 heteroatoms. The molecule has 0 saturated carbocycles. The number of hydrogen-bond donors (Lipinski definition) is 1. The van der Waals surface area contributed by atoms with Gasteiger partial charge in [0.05, 0.1) is 24.3 Å². The van der Waals surface area contributed by atoms with Crippen LogP contribution in [-0.4, -0.2) is 41.8 Å². The van der Waals surface area contributed by atoms with Crippen molar-refractivity contribution in [3.05, 3.63) is 94.8 Å². The van der Waals surface area contributed by atoms with E-state index in [0.717, 1.165) is 4.90 Å². The minimum atomic E-state index is -0.813. The lowest BCUT2D eigenvalue weighted by Crippen LogP contribution is -2.29. The van der Waals surface area contributed by atoms with Crippen molar-refractivity contribution >= 4 is 29.4 Å². The molecule has 0 aromatic heterocycles. The number of amides is 3. The molecule has 35 heavy (non-hydrogen) atoms. The highest BCUT2D eigenvalue weighted by Gasteiger charge is 2.35. The van der Waals surface area contributed by atoms with Crippen LogP contribution in [-0.2, 0) is 16.1 Å². The fourth-order valence-electron chi connectivity index (χ4n) is 3.62. The Morgan fingerprint density at radius 1 is 0.943 bits per heavy atom. The molecule has 0 atom stereocenters. The number of hydrogen-bond acceptors (Lipinski definition) is 6. The number of anilines is 1. The molecule has 0 aliphatic carbocycles. The van der Waals surface area contributed by atoms with Crippen molar-refractivity contribution in [1.82, 2.24) is 4.90 Å². The highest BCUT2D eigenvalue weighted by Crippen LogP contribution is 2.27. The molecule has 3 aromatic carbocycles. The molecule has 178 valence electrons. The van der Waals surface area contributed by atoms with Crippen LogP contribution in [0, 0.1) is 5.82 Å². The van der Waals surface area contributed by atoms with Crippen LogP contribution >= 0.6 is 0 Å². The molecule has 0 saturated heterocycles. The highest BCUT2D eigenvalue weighted by atomic mass is 19.1. The zero-order chi connectivity index (χ0) is 24.9. The number of nitrogens with zero attached hydrogens (tertiary/aromatic N) is 1. The minimum Gasteiger partial charge on any atom is -0.493 e. The molecule has 1 heterocycles. The summed E-state index contributed by atoms with van der Waals surface area (Å²) in [5, 5.41) is 2.50. The van der Waals surface area contributed by atoms with Gasteiger partial charge in [-0.15, -0.1) is 0 Å². The van der Waals surface area contributed by atoms with Gasteiger partial charge in [0.15, 0.2) is 6.61 Å². The normalized spacial score (nSPS) is 12.3. The van der Waals surface area contributed by atoms with Gasteiger partial charge in [0.1, 0.15) is 17.1 Å². The summed E-state index contributed by atoms with van der Waals surface area (Å²) in [6, 6.07) is 16.4. The molecule has 4 rings (SSSR count). The fourth-order valence-corrected chi connectivity index (χ4v) is 3.62. The Kier molecular flexibility index (Phi) is 6.86. The number of carbonyl (C=O) groups is 4. The van der Waals surface area contributed by atoms with Crippen molar-refractivity contribution in [2.75, 3.05) is 18.5 Å². The van der Waals surface area contributed by atoms with Gasteiger partial charge in [-0.05, 0) is 61.0 Å². The smallest absolute Gasteiger partial charge is 0.342 e. The van der Waals surface area contributed by atoms with E-state index in [2.05, 4.69) is 5.32 Å². The molecule has 8 nitrogen and oxygen atoms in total. The van der Waals surface area contributed by atoms with E-state index >= 15 is 0 Å². The van der Waals surface area contributed by atoms with Crippen LogP contribution < -0.4 is 10.1 Å². The van der Waals surface area contributed by atoms with E-state index in [1.807, 2.05) is 0 Å². The van der Waals surface area contributed by atoms with Gasteiger partial charge in [-0.25, -0.2) is 9.18 Å². The van der Waals surface area contributed by atoms with E-state index in [4.69, 9.17) is 9.47 Å². The van der Waals surface area contributed by atoms with Gasteiger partial charge in [0.25, 0.3) is 17.7 Å². The van der Waals surface area contributed by atoms with Crippen LogP contribution in [0.5, 0.6) is 5.75 Å². The van der Waals surface area contributed by atoms with Crippen molar-refractivity contribution < 1.29 is 33.0 Å². The molecule has 1 aliphatic rings. The van der Waals surface area contributed by atoms with E-state index in [9.17, 15) is 23.6 Å². The third kappa shape index (κ3) is 5.19. The standard InChI is InChI=1S/C26H21FN2O6/c1-2-34-22-12-7-16(14-29-24(31)19-5-3-4-6-20(19)25(29)32)13-21(22)26(33)35-15-23(30)28-18-10-8-17(27)9-11-18/h3-13H,2,14-15H2,1H3,(H,28,30). The van der Waals surface area contributed by atoms with Crippen LogP contribution in [0.25, 0.3) is 0 Å². The van der Waals surface area contributed by atoms with Gasteiger partial charge in [0, 0.05) is 5.69 Å². The van der Waals surface area contributed by atoms with Crippen LogP contribution in [0.3, 0.4) is 0 Å². The van der Waals surface area contributed by atoms with E-state index < -0.39 is 36.1 Å². The number of benzene rings is 3. The molecule has 1 N–H and O–H groups in total. The van der Waals surface area contributed by atoms with Crippen LogP contribution in [0.4, 0.5) is 10.1 Å². The van der Waals surface area contributed by atoms with E-state index in [-0.39, 0.29) is 24.5 Å². The molecule has 0 unspecified atom stereocenters. The second-order valence-electron chi connectivity index (χ2n) is 7.64. The lowest BCUT2D eigenvalue weighted by atomic mass is 10.1. The van der Waals surface area contributed by atoms with Crippen LogP contribution in [0.2, 0.25) is 0 Å². The summed E-state index contributed by atoms with van der Waals surface area (Å²) in [7, 11) is 0. The molecular weight excluding hydrogens is 455 g/mol. The average molecular weight is 476 g/mol. The number of halogens is 1. The van der Waals surface area contributed by atoms with Crippen molar-refractivity contribution in [1.29, 1.82) is 0 Å². The minimum absolute atomic E-state index is 0.0514. The molecule has 3 amide bonds. The highest BCUT2D eigenvalue weighted by molar-refractivity contribution is 6.21. The summed E-state index contributed by atoms with van der Waals surface area (Å²) in [4.78, 5) is 51.3. The average Bonchev–Trinajstić information content (AvgIpc) is 3.10. The Morgan fingerprint density at radius 2 is 1.60 bits per heavy atom. The summed E-state index contributed by atoms with van der Waals surface area (Å²) in [6.45, 7) is 1.40. The predicted octanol–water partition coefficient (Wildman–Crippen LogP) is 3.82. The molecule has 0 radical (unpaired) electrons. The van der Waals surface area contributed by atoms with Gasteiger partial charge < -0.3 is 14.8 Å². The zero-order valence-electron chi connectivity index (χ0n) is 18.7. The number of carbonyl (C=O) groups excluding carboxylic acids is 4. The van der Waals surface area contributed by atoms with Gasteiger partial charge in [-0.3, -0.25) is 19.3 Å². The second-order valence-corrected chi connectivity index (χ2v) is 7.64. The largest absolute Gasteiger partial charge is 0.493 e. The Bertz CT molecular complexity index is 1270. The van der Waals surface area contributed by atoms with E-state index in [1.54, 1.807) is 43.3 Å². The molecule has 3 aromatic rings. The molecule has 0 bridgehead atoms. The summed E-state index contributed by atoms with van der Waals surface area (Å²) in [5.41, 5.74) is 1.57. The summed E-state index contributed by atoms with van der Waals surface area (Å²) >= 11 is 0. The predicted molar refractivity (Wildman–Crippen MR) is 124 cm³/mol. The Labute approximate surface area is 200 Å². The topological polar surface area (TPSA) is 102 Å². The van der Waals surface area contributed by atoms with E-state index in [1.165, 1.54) is 30.3 Å². The SMILES string of the molecule is CCOc1ccc(CN2C(=O)c3ccccc3C2=O)cc1C(=O)OCC(=O)Nc1ccc(F)cc1. The van der Waals surface area contributed by atoms with Crippen molar-refractivity contribution in [2.24, 2.45) is 0 Å². The first kappa shape index (κ1) is 23.6. The van der Waals surface area contributed by atoms with Crippen molar-refractivity contribution in [3.8, 4) is 5.75 Å². The first-order valence-corrected chi connectivity index (χ1v) is 10.8. The van der Waals surface area contributed by atoms with Gasteiger partial charge in [0.2, 0.25) is 0 Å². The zero-order valence-corrected chi connectivity index (χ0v) is 18.7. The van der Waals surface area contributed by atoms with Gasteiger partial charge in [-0.1, -0.05) is 18.2 Å². The van der Waals surface area contributed by atoms with Crippen LogP contribution in [0.1, 0.15) is 43.6 Å². The Hall–Kier alpha value is -4.53. The maximum atomic E-state index is 13.0. The first-order valence-electron chi connectivity index (χ1n) is 10.8. The number of fused-ring (bicyclic) bond motifs is 1. The molecule has 0 spiro atoms. The quantitative estimate of drug-likeness (QED) is 0.392.